The zero-order chi connectivity index (χ0) is 27.3. The lowest BCUT2D eigenvalue weighted by molar-refractivity contribution is -0.232. The highest BCUT2D eigenvalue weighted by Gasteiger charge is 2.85. The van der Waals surface area contributed by atoms with Crippen LogP contribution < -0.4 is 0 Å². The summed E-state index contributed by atoms with van der Waals surface area (Å²) in [5.41, 5.74) is -0.543. The number of aliphatic hydroxyl groups is 2. The average Bonchev–Trinajstić information content (AvgIpc) is 3.64. The molecule has 2 N–H and O–H groups in total. The first-order valence-corrected chi connectivity index (χ1v) is 13.4. The first-order chi connectivity index (χ1) is 18.0. The van der Waals surface area contributed by atoms with Gasteiger partial charge in [0, 0.05) is 17.6 Å². The Morgan fingerprint density at radius 1 is 1.05 bits per heavy atom. The summed E-state index contributed by atoms with van der Waals surface area (Å²) in [6, 6.07) is 0. The molecule has 0 amide bonds. The summed E-state index contributed by atoms with van der Waals surface area (Å²) >= 11 is 0. The minimum atomic E-state index is -1.11. The molecule has 2 saturated heterocycles. The van der Waals surface area contributed by atoms with Gasteiger partial charge < -0.3 is 33.9 Å². The monoisotopic (exact) mass is 530 g/mol. The van der Waals surface area contributed by atoms with Gasteiger partial charge in [0.2, 0.25) is 0 Å². The topological polar surface area (TPSA) is 124 Å². The van der Waals surface area contributed by atoms with Crippen molar-refractivity contribution in [1.29, 1.82) is 0 Å². The van der Waals surface area contributed by atoms with E-state index in [0.717, 1.165) is 17.6 Å². The highest BCUT2D eigenvalue weighted by atomic mass is 16.7. The largest absolute Gasteiger partial charge is 0.462 e. The van der Waals surface area contributed by atoms with E-state index in [-0.39, 0.29) is 6.61 Å². The molecule has 0 aromatic carbocycles. The molecule has 2 aliphatic carbocycles. The summed E-state index contributed by atoms with van der Waals surface area (Å²) in [7, 11) is 0. The molecule has 3 fully saturated rings. The number of cyclic esters (lactones) is 1. The molecule has 2 bridgehead atoms. The summed E-state index contributed by atoms with van der Waals surface area (Å²) in [4.78, 5) is 25.9. The van der Waals surface area contributed by atoms with E-state index < -0.39 is 65.0 Å². The highest BCUT2D eigenvalue weighted by molar-refractivity contribution is 5.83. The molecule has 38 heavy (non-hydrogen) atoms. The second kappa shape index (κ2) is 10.0. The van der Waals surface area contributed by atoms with Crippen molar-refractivity contribution in [1.82, 2.24) is 0 Å². The molecular formula is C29H38O9. The Morgan fingerprint density at radius 3 is 2.53 bits per heavy atom. The molecule has 0 aromatic rings. The van der Waals surface area contributed by atoms with Crippen molar-refractivity contribution in [3.05, 3.63) is 47.6 Å². The zero-order valence-corrected chi connectivity index (χ0v) is 22.4. The van der Waals surface area contributed by atoms with Gasteiger partial charge in [-0.2, -0.15) is 0 Å². The maximum atomic E-state index is 13.0. The van der Waals surface area contributed by atoms with Crippen molar-refractivity contribution in [3.8, 4) is 0 Å². The first-order valence-electron chi connectivity index (χ1n) is 13.4. The molecule has 9 nitrogen and oxygen atoms in total. The van der Waals surface area contributed by atoms with Crippen LogP contribution in [0.5, 0.6) is 0 Å². The van der Waals surface area contributed by atoms with Crippen molar-refractivity contribution in [3.63, 3.8) is 0 Å². The van der Waals surface area contributed by atoms with Gasteiger partial charge in [-0.15, -0.1) is 0 Å². The van der Waals surface area contributed by atoms with Crippen molar-refractivity contribution < 1.29 is 43.5 Å². The third-order valence-corrected chi connectivity index (χ3v) is 9.26. The Kier molecular flexibility index (Phi) is 7.19. The van der Waals surface area contributed by atoms with Gasteiger partial charge in [0.05, 0.1) is 30.8 Å². The Morgan fingerprint density at radius 2 is 1.82 bits per heavy atom. The number of hydrogen-bond donors (Lipinski definition) is 2. The normalized spacial score (nSPS) is 47.3. The smallest absolute Gasteiger partial charge is 0.331 e. The lowest BCUT2D eigenvalue weighted by atomic mass is 9.51. The van der Waals surface area contributed by atoms with Crippen molar-refractivity contribution in [2.75, 3.05) is 19.8 Å². The van der Waals surface area contributed by atoms with Crippen LogP contribution in [0.15, 0.2) is 47.6 Å². The maximum Gasteiger partial charge on any atom is 0.331 e. The second-order valence-electron chi connectivity index (χ2n) is 11.5. The molecule has 1 saturated carbocycles. The van der Waals surface area contributed by atoms with Crippen LogP contribution >= 0.6 is 0 Å². The highest BCUT2D eigenvalue weighted by Crippen LogP contribution is 2.72. The molecule has 0 aromatic heterocycles. The van der Waals surface area contributed by atoms with E-state index in [2.05, 4.69) is 0 Å². The van der Waals surface area contributed by atoms with E-state index in [9.17, 15) is 19.8 Å². The standard InChI is InChI=1S/C29H38O9/c1-17-9-11-28-15-35-23(32)14-18(2)10-12-34-20(19(3)30)7-5-6-8-22(31)38-25-24(33)26(37-21(28)13-17)29(16-36-29)27(25,28)4/h5-8,13-14,19-21,24-26,30,33H,9-12,15-16H2,1-4H3/b7-5+,8-6-,18-14+/t19-,20+,21-,24-,25-,26-,27-,28-,29+/m1/s1. The van der Waals surface area contributed by atoms with Crippen molar-refractivity contribution in [2.24, 2.45) is 10.8 Å². The number of esters is 2. The first kappa shape index (κ1) is 27.3. The third-order valence-electron chi connectivity index (χ3n) is 9.26. The quantitative estimate of drug-likeness (QED) is 0.299. The minimum Gasteiger partial charge on any atom is -0.462 e. The fraction of sp³-hybridized carbons (Fsp3) is 0.655. The third kappa shape index (κ3) is 4.29. The van der Waals surface area contributed by atoms with Crippen molar-refractivity contribution in [2.45, 2.75) is 89.2 Å². The van der Waals surface area contributed by atoms with Gasteiger partial charge in [0.1, 0.15) is 36.6 Å². The molecule has 3 aliphatic heterocycles. The van der Waals surface area contributed by atoms with Gasteiger partial charge in [0.15, 0.2) is 0 Å². The molecule has 0 unspecified atom stereocenters. The van der Waals surface area contributed by atoms with Crippen LogP contribution in [0.4, 0.5) is 0 Å². The summed E-state index contributed by atoms with van der Waals surface area (Å²) in [6.45, 7) is 8.14. The second-order valence-corrected chi connectivity index (χ2v) is 11.5. The van der Waals surface area contributed by atoms with Crippen LogP contribution in [-0.4, -0.2) is 84.2 Å². The molecule has 5 rings (SSSR count). The predicted molar refractivity (Wildman–Crippen MR) is 136 cm³/mol. The molecule has 9 atom stereocenters. The Hall–Kier alpha value is -2.30. The number of carbonyl (C=O) groups is 2. The lowest BCUT2D eigenvalue weighted by Gasteiger charge is -2.58. The maximum absolute atomic E-state index is 13.0. The van der Waals surface area contributed by atoms with E-state index in [1.54, 1.807) is 19.1 Å². The molecule has 208 valence electrons. The van der Waals surface area contributed by atoms with Crippen LogP contribution in [0, 0.1) is 10.8 Å². The number of hydrogen-bond acceptors (Lipinski definition) is 9. The molecular weight excluding hydrogens is 492 g/mol. The number of aliphatic hydroxyl groups excluding tert-OH is 2. The number of carbonyl (C=O) groups excluding carboxylic acids is 2. The molecule has 2 spiro atoms. The molecule has 0 radical (unpaired) electrons. The van der Waals surface area contributed by atoms with Crippen LogP contribution in [0.1, 0.15) is 47.0 Å². The van der Waals surface area contributed by atoms with Crippen LogP contribution in [0.25, 0.3) is 0 Å². The van der Waals surface area contributed by atoms with E-state index in [1.165, 1.54) is 18.2 Å². The Balaban J connectivity index is 1.54. The summed E-state index contributed by atoms with van der Waals surface area (Å²) in [5, 5.41) is 21.5. The summed E-state index contributed by atoms with van der Waals surface area (Å²) < 4.78 is 30.1. The molecule has 9 heteroatoms. The minimum absolute atomic E-state index is 0.0261. The van der Waals surface area contributed by atoms with E-state index in [0.29, 0.717) is 26.1 Å². The Bertz CT molecular complexity index is 1080. The van der Waals surface area contributed by atoms with Crippen LogP contribution in [-0.2, 0) is 33.3 Å². The fourth-order valence-electron chi connectivity index (χ4n) is 6.89. The van der Waals surface area contributed by atoms with Gasteiger partial charge >= 0.3 is 11.9 Å². The van der Waals surface area contributed by atoms with E-state index in [1.807, 2.05) is 26.8 Å². The van der Waals surface area contributed by atoms with Crippen LogP contribution in [0.3, 0.4) is 0 Å². The van der Waals surface area contributed by atoms with Gasteiger partial charge in [-0.25, -0.2) is 9.59 Å². The van der Waals surface area contributed by atoms with Crippen molar-refractivity contribution >= 4 is 11.9 Å². The molecule has 5 aliphatic rings. The fourth-order valence-corrected chi connectivity index (χ4v) is 6.89. The van der Waals surface area contributed by atoms with Gasteiger partial charge in [-0.05, 0) is 40.0 Å². The SMILES string of the molecule is CC1=C[C@H]2O[C@@H]3[C@H](O)[C@H]4OC(=O)/C=C\C=C\[C@@H]([C@@H](C)O)OCC/C(C)=C/C(=O)OC[C@@]2(CC1)[C@]4(C)[C@]31CO1. The summed E-state index contributed by atoms with van der Waals surface area (Å²) in [5.74, 6) is -1.11. The lowest BCUT2D eigenvalue weighted by Crippen LogP contribution is -2.66. The zero-order valence-electron chi connectivity index (χ0n) is 22.4. The summed E-state index contributed by atoms with van der Waals surface area (Å²) in [6.07, 6.45) is 6.92. The van der Waals surface area contributed by atoms with Gasteiger partial charge in [0.25, 0.3) is 0 Å². The number of allylic oxidation sites excluding steroid dienone is 3. The molecule has 3 heterocycles. The number of ether oxygens (including phenoxy) is 5. The predicted octanol–water partition coefficient (Wildman–Crippen LogP) is 2.31. The van der Waals surface area contributed by atoms with Gasteiger partial charge in [-0.1, -0.05) is 42.4 Å². The van der Waals surface area contributed by atoms with Crippen LogP contribution in [0.2, 0.25) is 0 Å². The number of rotatable bonds is 1. The average molecular weight is 531 g/mol. The number of epoxide rings is 1. The Labute approximate surface area is 223 Å². The van der Waals surface area contributed by atoms with E-state index >= 15 is 0 Å². The van der Waals surface area contributed by atoms with Gasteiger partial charge in [-0.3, -0.25) is 0 Å². The van der Waals surface area contributed by atoms with E-state index in [4.69, 9.17) is 23.7 Å².